The van der Waals surface area contributed by atoms with Gasteiger partial charge in [0, 0.05) is 5.69 Å². The summed E-state index contributed by atoms with van der Waals surface area (Å²) >= 11 is 5.32. The lowest BCUT2D eigenvalue weighted by atomic mass is 10.2. The Labute approximate surface area is 98.5 Å². The predicted octanol–water partition coefficient (Wildman–Crippen LogP) is 1.72. The molecule has 5 heteroatoms. The molecule has 0 radical (unpaired) electrons. The molecule has 1 rings (SSSR count). The Hall–Kier alpha value is -1.55. The number of rotatable bonds is 3. The van der Waals surface area contributed by atoms with Crippen molar-refractivity contribution >= 4 is 29.2 Å². The van der Waals surface area contributed by atoms with Gasteiger partial charge in [0.15, 0.2) is 0 Å². The van der Waals surface area contributed by atoms with Gasteiger partial charge in [0.2, 0.25) is 0 Å². The summed E-state index contributed by atoms with van der Waals surface area (Å²) in [4.78, 5) is 22.4. The zero-order chi connectivity index (χ0) is 12.0. The summed E-state index contributed by atoms with van der Waals surface area (Å²) in [5.41, 5.74) is 1.63. The Morgan fingerprint density at radius 3 is 2.50 bits per heavy atom. The molecule has 0 bridgehead atoms. The van der Waals surface area contributed by atoms with Crippen LogP contribution < -0.4 is 5.32 Å². The first kappa shape index (κ1) is 12.5. The minimum absolute atomic E-state index is 0.0295. The molecule has 0 spiro atoms. The summed E-state index contributed by atoms with van der Waals surface area (Å²) in [5.74, 6) is -1.56. The monoisotopic (exact) mass is 241 g/mol. The fourth-order valence-corrected chi connectivity index (χ4v) is 1.09. The van der Waals surface area contributed by atoms with Crippen molar-refractivity contribution in [1.82, 2.24) is 0 Å². The maximum absolute atomic E-state index is 11.3. The average molecular weight is 242 g/mol. The predicted molar refractivity (Wildman–Crippen MR) is 61.5 cm³/mol. The molecule has 1 N–H and O–H groups in total. The van der Waals surface area contributed by atoms with Crippen molar-refractivity contribution in [3.8, 4) is 0 Å². The smallest absolute Gasteiger partial charge is 0.397 e. The topological polar surface area (TPSA) is 55.4 Å². The third-order valence-electron chi connectivity index (χ3n) is 1.81. The van der Waals surface area contributed by atoms with Crippen LogP contribution in [0.2, 0.25) is 0 Å². The third-order valence-corrected chi connectivity index (χ3v) is 1.96. The first-order chi connectivity index (χ1) is 7.63. The highest BCUT2D eigenvalue weighted by molar-refractivity contribution is 6.37. The van der Waals surface area contributed by atoms with Gasteiger partial charge in [-0.1, -0.05) is 17.7 Å². The Balaban J connectivity index is 2.51. The van der Waals surface area contributed by atoms with Gasteiger partial charge >= 0.3 is 11.9 Å². The van der Waals surface area contributed by atoms with Gasteiger partial charge in [0.1, 0.15) is 6.61 Å². The van der Waals surface area contributed by atoms with Crippen LogP contribution in [0.25, 0.3) is 0 Å². The van der Waals surface area contributed by atoms with E-state index < -0.39 is 11.9 Å². The molecule has 0 saturated carbocycles. The van der Waals surface area contributed by atoms with Crippen LogP contribution in [0, 0.1) is 6.92 Å². The Morgan fingerprint density at radius 2 is 1.94 bits per heavy atom. The largest absolute Gasteiger partial charge is 0.457 e. The minimum Gasteiger partial charge on any atom is -0.457 e. The zero-order valence-electron chi connectivity index (χ0n) is 8.83. The van der Waals surface area contributed by atoms with Crippen LogP contribution >= 0.6 is 11.6 Å². The van der Waals surface area contributed by atoms with E-state index in [1.54, 1.807) is 12.1 Å². The van der Waals surface area contributed by atoms with E-state index >= 15 is 0 Å². The Morgan fingerprint density at radius 1 is 1.31 bits per heavy atom. The van der Waals surface area contributed by atoms with Gasteiger partial charge in [-0.25, -0.2) is 4.79 Å². The molecular weight excluding hydrogens is 230 g/mol. The first-order valence-electron chi connectivity index (χ1n) is 4.74. The van der Waals surface area contributed by atoms with Crippen LogP contribution in [-0.4, -0.2) is 24.4 Å². The maximum Gasteiger partial charge on any atom is 0.397 e. The van der Waals surface area contributed by atoms with Gasteiger partial charge in [-0.3, -0.25) is 4.79 Å². The van der Waals surface area contributed by atoms with Crippen LogP contribution in [0.15, 0.2) is 24.3 Å². The molecule has 16 heavy (non-hydrogen) atoms. The number of carbonyl (C=O) groups is 2. The number of anilines is 1. The fourth-order valence-electron chi connectivity index (χ4n) is 1.02. The molecule has 0 atom stereocenters. The third kappa shape index (κ3) is 3.90. The summed E-state index contributed by atoms with van der Waals surface area (Å²) < 4.78 is 4.57. The summed E-state index contributed by atoms with van der Waals surface area (Å²) in [6.45, 7) is 1.96. The highest BCUT2D eigenvalue weighted by Crippen LogP contribution is 2.08. The van der Waals surface area contributed by atoms with E-state index in [1.807, 2.05) is 19.1 Å². The number of carbonyl (C=O) groups excluding carboxylic acids is 2. The molecule has 0 aliphatic heterocycles. The zero-order valence-corrected chi connectivity index (χ0v) is 9.58. The summed E-state index contributed by atoms with van der Waals surface area (Å²) in [7, 11) is 0. The van der Waals surface area contributed by atoms with Gasteiger partial charge in [-0.15, -0.1) is 11.6 Å². The second-order valence-corrected chi connectivity index (χ2v) is 3.52. The van der Waals surface area contributed by atoms with E-state index in [0.717, 1.165) is 5.56 Å². The number of ether oxygens (including phenoxy) is 1. The number of hydrogen-bond acceptors (Lipinski definition) is 3. The Bertz CT molecular complexity index is 375. The van der Waals surface area contributed by atoms with Gasteiger partial charge in [0.05, 0.1) is 5.88 Å². The van der Waals surface area contributed by atoms with Crippen molar-refractivity contribution in [2.75, 3.05) is 17.8 Å². The van der Waals surface area contributed by atoms with Gasteiger partial charge in [-0.05, 0) is 19.1 Å². The van der Waals surface area contributed by atoms with E-state index in [2.05, 4.69) is 10.1 Å². The molecule has 0 aromatic heterocycles. The molecule has 0 aliphatic carbocycles. The summed E-state index contributed by atoms with van der Waals surface area (Å²) in [5, 5.41) is 2.42. The number of alkyl halides is 1. The van der Waals surface area contributed by atoms with Crippen molar-refractivity contribution in [3.63, 3.8) is 0 Å². The second-order valence-electron chi connectivity index (χ2n) is 3.15. The minimum atomic E-state index is -0.929. The van der Waals surface area contributed by atoms with Crippen LogP contribution in [0.4, 0.5) is 5.69 Å². The van der Waals surface area contributed by atoms with Crippen molar-refractivity contribution in [1.29, 1.82) is 0 Å². The van der Waals surface area contributed by atoms with Gasteiger partial charge < -0.3 is 10.1 Å². The highest BCUT2D eigenvalue weighted by atomic mass is 35.5. The lowest BCUT2D eigenvalue weighted by Crippen LogP contribution is -2.25. The average Bonchev–Trinajstić information content (AvgIpc) is 2.29. The number of esters is 1. The number of halogens is 1. The fraction of sp³-hybridized carbons (Fsp3) is 0.273. The number of nitrogens with one attached hydrogen (secondary N) is 1. The molecular formula is C11H12ClNO3. The lowest BCUT2D eigenvalue weighted by molar-refractivity contribution is -0.152. The number of hydrogen-bond donors (Lipinski definition) is 1. The molecule has 0 fully saturated rings. The van der Waals surface area contributed by atoms with E-state index in [4.69, 9.17) is 11.6 Å². The molecule has 0 aliphatic rings. The van der Waals surface area contributed by atoms with Crippen molar-refractivity contribution in [3.05, 3.63) is 29.8 Å². The van der Waals surface area contributed by atoms with E-state index in [9.17, 15) is 9.59 Å². The molecule has 1 aromatic carbocycles. The Kier molecular flexibility index (Phi) is 4.79. The standard InChI is InChI=1S/C11H12ClNO3/c1-8-2-4-9(5-3-8)13-10(14)11(15)16-7-6-12/h2-5H,6-7H2,1H3,(H,13,14). The number of aryl methyl sites for hydroxylation is 1. The molecule has 1 amide bonds. The van der Waals surface area contributed by atoms with Crippen LogP contribution in [0.1, 0.15) is 5.56 Å². The summed E-state index contributed by atoms with van der Waals surface area (Å²) in [6, 6.07) is 7.09. The lowest BCUT2D eigenvalue weighted by Gasteiger charge is -2.04. The van der Waals surface area contributed by atoms with E-state index in [1.165, 1.54) is 0 Å². The van der Waals surface area contributed by atoms with Gasteiger partial charge in [-0.2, -0.15) is 0 Å². The van der Waals surface area contributed by atoms with Gasteiger partial charge in [0.25, 0.3) is 0 Å². The molecule has 86 valence electrons. The van der Waals surface area contributed by atoms with E-state index in [-0.39, 0.29) is 12.5 Å². The second kappa shape index (κ2) is 6.12. The van der Waals surface area contributed by atoms with Crippen LogP contribution in [0.3, 0.4) is 0 Å². The van der Waals surface area contributed by atoms with Crippen LogP contribution in [0.5, 0.6) is 0 Å². The maximum atomic E-state index is 11.3. The van der Waals surface area contributed by atoms with Crippen molar-refractivity contribution < 1.29 is 14.3 Å². The van der Waals surface area contributed by atoms with E-state index in [0.29, 0.717) is 5.69 Å². The number of benzene rings is 1. The normalized spacial score (nSPS) is 9.62. The molecule has 0 saturated heterocycles. The molecule has 0 heterocycles. The van der Waals surface area contributed by atoms with Crippen molar-refractivity contribution in [2.24, 2.45) is 0 Å². The van der Waals surface area contributed by atoms with Crippen molar-refractivity contribution in [2.45, 2.75) is 6.92 Å². The number of amides is 1. The first-order valence-corrected chi connectivity index (χ1v) is 5.27. The SMILES string of the molecule is Cc1ccc(NC(=O)C(=O)OCCCl)cc1. The quantitative estimate of drug-likeness (QED) is 0.498. The molecule has 0 unspecified atom stereocenters. The molecule has 1 aromatic rings. The van der Waals surface area contributed by atoms with Crippen LogP contribution in [-0.2, 0) is 14.3 Å². The highest BCUT2D eigenvalue weighted by Gasteiger charge is 2.14. The summed E-state index contributed by atoms with van der Waals surface area (Å²) in [6.07, 6.45) is 0. The molecule has 4 nitrogen and oxygen atoms in total.